The van der Waals surface area contributed by atoms with Crippen LogP contribution in [0.5, 0.6) is 0 Å². The van der Waals surface area contributed by atoms with Crippen molar-refractivity contribution in [1.29, 1.82) is 0 Å². The summed E-state index contributed by atoms with van der Waals surface area (Å²) in [6.07, 6.45) is 2.95. The van der Waals surface area contributed by atoms with Gasteiger partial charge in [-0.3, -0.25) is 0 Å². The van der Waals surface area contributed by atoms with Gasteiger partial charge in [0.15, 0.2) is 0 Å². The Balaban J connectivity index is 3.93. The molecule has 0 radical (unpaired) electrons. The molecule has 0 heterocycles. The van der Waals surface area contributed by atoms with E-state index in [1.165, 1.54) is 0 Å². The molecule has 0 fully saturated rings. The molecule has 0 amide bonds. The summed E-state index contributed by atoms with van der Waals surface area (Å²) in [6, 6.07) is 0.380. The third-order valence-corrected chi connectivity index (χ3v) is 3.33. The molecule has 0 aliphatic carbocycles. The SMILES string of the molecule is CCOCC(C)OCCCC(CC)(CO)NC(C)C. The van der Waals surface area contributed by atoms with E-state index < -0.39 is 0 Å². The van der Waals surface area contributed by atoms with Crippen molar-refractivity contribution in [1.82, 2.24) is 5.32 Å². The quantitative estimate of drug-likeness (QED) is 0.537. The molecule has 0 saturated heterocycles. The van der Waals surface area contributed by atoms with Gasteiger partial charge >= 0.3 is 0 Å². The molecule has 2 atom stereocenters. The molecule has 0 spiro atoms. The average molecular weight is 275 g/mol. The van der Waals surface area contributed by atoms with E-state index in [9.17, 15) is 5.11 Å². The second kappa shape index (κ2) is 10.6. The Hall–Kier alpha value is -0.160. The predicted molar refractivity (Wildman–Crippen MR) is 79.5 cm³/mol. The highest BCUT2D eigenvalue weighted by molar-refractivity contribution is 4.87. The van der Waals surface area contributed by atoms with Gasteiger partial charge < -0.3 is 19.9 Å². The highest BCUT2D eigenvalue weighted by Gasteiger charge is 2.27. The molecule has 2 N–H and O–H groups in total. The number of rotatable bonds is 12. The van der Waals surface area contributed by atoms with Crippen molar-refractivity contribution in [3.63, 3.8) is 0 Å². The maximum atomic E-state index is 9.63. The summed E-state index contributed by atoms with van der Waals surface area (Å²) < 4.78 is 11.0. The molecule has 0 rings (SSSR count). The van der Waals surface area contributed by atoms with Crippen molar-refractivity contribution in [3.8, 4) is 0 Å². The standard InChI is InChI=1S/C15H33NO3/c1-6-15(12-17,16-13(3)4)9-8-10-19-14(5)11-18-7-2/h13-14,16-17H,6-12H2,1-5H3. The molecule has 0 aliphatic heterocycles. The van der Waals surface area contributed by atoms with Crippen LogP contribution >= 0.6 is 0 Å². The molecule has 0 bridgehead atoms. The first-order valence-corrected chi connectivity index (χ1v) is 7.57. The van der Waals surface area contributed by atoms with Gasteiger partial charge in [-0.25, -0.2) is 0 Å². The van der Waals surface area contributed by atoms with Gasteiger partial charge in [-0.15, -0.1) is 0 Å². The van der Waals surface area contributed by atoms with Gasteiger partial charge in [0.05, 0.1) is 19.3 Å². The van der Waals surface area contributed by atoms with E-state index in [4.69, 9.17) is 9.47 Å². The van der Waals surface area contributed by atoms with Crippen LogP contribution in [0, 0.1) is 0 Å². The topological polar surface area (TPSA) is 50.7 Å². The lowest BCUT2D eigenvalue weighted by molar-refractivity contribution is -0.00759. The fourth-order valence-electron chi connectivity index (χ4n) is 2.23. The normalized spacial score (nSPS) is 16.6. The molecule has 0 aromatic carbocycles. The van der Waals surface area contributed by atoms with E-state index in [1.54, 1.807) is 0 Å². The predicted octanol–water partition coefficient (Wildman–Crippen LogP) is 2.35. The van der Waals surface area contributed by atoms with Crippen LogP contribution in [0.15, 0.2) is 0 Å². The third-order valence-electron chi connectivity index (χ3n) is 3.33. The molecular weight excluding hydrogens is 242 g/mol. The Morgan fingerprint density at radius 2 is 1.89 bits per heavy atom. The number of hydrogen-bond acceptors (Lipinski definition) is 4. The monoisotopic (exact) mass is 275 g/mol. The molecule has 4 heteroatoms. The Labute approximate surface area is 118 Å². The van der Waals surface area contributed by atoms with Crippen LogP contribution in [0.3, 0.4) is 0 Å². The van der Waals surface area contributed by atoms with E-state index >= 15 is 0 Å². The Kier molecular flexibility index (Phi) is 10.5. The van der Waals surface area contributed by atoms with Gasteiger partial charge in [-0.05, 0) is 33.1 Å². The van der Waals surface area contributed by atoms with Gasteiger partial charge in [-0.2, -0.15) is 0 Å². The summed E-state index contributed by atoms with van der Waals surface area (Å²) >= 11 is 0. The Bertz CT molecular complexity index is 206. The van der Waals surface area contributed by atoms with E-state index in [0.29, 0.717) is 12.6 Å². The average Bonchev–Trinajstić information content (AvgIpc) is 2.39. The van der Waals surface area contributed by atoms with Crippen molar-refractivity contribution < 1.29 is 14.6 Å². The van der Waals surface area contributed by atoms with Crippen molar-refractivity contribution in [2.45, 2.75) is 71.6 Å². The maximum Gasteiger partial charge on any atom is 0.0780 e. The van der Waals surface area contributed by atoms with Crippen molar-refractivity contribution >= 4 is 0 Å². The first-order valence-electron chi connectivity index (χ1n) is 7.57. The number of hydrogen-bond donors (Lipinski definition) is 2. The summed E-state index contributed by atoms with van der Waals surface area (Å²) in [4.78, 5) is 0. The van der Waals surface area contributed by atoms with Gasteiger partial charge in [0.1, 0.15) is 0 Å². The first-order chi connectivity index (χ1) is 8.99. The zero-order chi connectivity index (χ0) is 14.7. The fraction of sp³-hybridized carbons (Fsp3) is 1.00. The smallest absolute Gasteiger partial charge is 0.0780 e. The molecule has 2 unspecified atom stereocenters. The van der Waals surface area contributed by atoms with Crippen LogP contribution < -0.4 is 5.32 Å². The number of aliphatic hydroxyl groups is 1. The van der Waals surface area contributed by atoms with Crippen LogP contribution in [0.4, 0.5) is 0 Å². The summed E-state index contributed by atoms with van der Waals surface area (Å²) in [5.41, 5.74) is -0.166. The van der Waals surface area contributed by atoms with Crippen LogP contribution in [0.2, 0.25) is 0 Å². The molecule has 0 saturated carbocycles. The maximum absolute atomic E-state index is 9.63. The number of ether oxygens (including phenoxy) is 2. The van der Waals surface area contributed by atoms with Crippen molar-refractivity contribution in [2.75, 3.05) is 26.4 Å². The van der Waals surface area contributed by atoms with Crippen LogP contribution in [-0.4, -0.2) is 49.2 Å². The molecule has 19 heavy (non-hydrogen) atoms. The van der Waals surface area contributed by atoms with Gasteiger partial charge in [0.25, 0.3) is 0 Å². The zero-order valence-electron chi connectivity index (χ0n) is 13.4. The van der Waals surface area contributed by atoms with E-state index in [0.717, 1.165) is 32.5 Å². The molecule has 4 nitrogen and oxygen atoms in total. The van der Waals surface area contributed by atoms with Gasteiger partial charge in [0, 0.05) is 24.8 Å². The molecule has 0 aromatic heterocycles. The van der Waals surface area contributed by atoms with Gasteiger partial charge in [-0.1, -0.05) is 20.8 Å². The first kappa shape index (κ1) is 18.8. The van der Waals surface area contributed by atoms with Crippen LogP contribution in [-0.2, 0) is 9.47 Å². The number of aliphatic hydroxyl groups excluding tert-OH is 1. The summed E-state index contributed by atoms with van der Waals surface area (Å²) in [5.74, 6) is 0. The largest absolute Gasteiger partial charge is 0.394 e. The van der Waals surface area contributed by atoms with E-state index in [-0.39, 0.29) is 18.2 Å². The lowest BCUT2D eigenvalue weighted by Gasteiger charge is -2.34. The molecule has 0 aromatic rings. The minimum atomic E-state index is -0.166. The van der Waals surface area contributed by atoms with Crippen LogP contribution in [0.1, 0.15) is 53.9 Å². The van der Waals surface area contributed by atoms with Crippen molar-refractivity contribution in [3.05, 3.63) is 0 Å². The molecule has 116 valence electrons. The third kappa shape index (κ3) is 8.58. The van der Waals surface area contributed by atoms with E-state index in [2.05, 4.69) is 26.1 Å². The summed E-state index contributed by atoms with van der Waals surface area (Å²) in [7, 11) is 0. The van der Waals surface area contributed by atoms with Crippen molar-refractivity contribution in [2.24, 2.45) is 0 Å². The Morgan fingerprint density at radius 1 is 1.21 bits per heavy atom. The van der Waals surface area contributed by atoms with Crippen LogP contribution in [0.25, 0.3) is 0 Å². The fourth-order valence-corrected chi connectivity index (χ4v) is 2.23. The minimum Gasteiger partial charge on any atom is -0.394 e. The van der Waals surface area contributed by atoms with E-state index in [1.807, 2.05) is 13.8 Å². The highest BCUT2D eigenvalue weighted by Crippen LogP contribution is 2.18. The minimum absolute atomic E-state index is 0.142. The van der Waals surface area contributed by atoms with Gasteiger partial charge in [0.2, 0.25) is 0 Å². The zero-order valence-corrected chi connectivity index (χ0v) is 13.4. The second-order valence-electron chi connectivity index (χ2n) is 5.54. The second-order valence-corrected chi connectivity index (χ2v) is 5.54. The number of nitrogens with one attached hydrogen (secondary N) is 1. The molecular formula is C15H33NO3. The lowest BCUT2D eigenvalue weighted by Crippen LogP contribution is -2.51. The summed E-state index contributed by atoms with van der Waals surface area (Å²) in [5, 5.41) is 13.1. The lowest BCUT2D eigenvalue weighted by atomic mass is 9.90. The summed E-state index contributed by atoms with van der Waals surface area (Å²) in [6.45, 7) is 12.6. The molecule has 0 aliphatic rings. The Morgan fingerprint density at radius 3 is 2.37 bits per heavy atom. The highest BCUT2D eigenvalue weighted by atomic mass is 16.5.